The van der Waals surface area contributed by atoms with E-state index < -0.39 is 11.9 Å². The maximum atomic E-state index is 12.4. The summed E-state index contributed by atoms with van der Waals surface area (Å²) in [5.74, 6) is -0.888. The maximum absolute atomic E-state index is 12.4. The zero-order chi connectivity index (χ0) is 24.0. The van der Waals surface area contributed by atoms with Gasteiger partial charge in [-0.15, -0.1) is 0 Å². The number of ether oxygens (including phenoxy) is 2. The number of esters is 2. The van der Waals surface area contributed by atoms with Gasteiger partial charge in [0.05, 0.1) is 36.9 Å². The van der Waals surface area contributed by atoms with E-state index in [9.17, 15) is 9.59 Å². The standard InChI is InChI=1S/C24H38O4.C4H4O.Zn/c1-3-5-7-9-11-15-19-27-23(25)21-17-13-14-18-22(21)24(26)28-20-16-12-10-8-6-4-2;1-2-4-5-3-1;/h13-14,17-18H,3-12,15-16,19-20H2,1-2H3;1-4H;. The van der Waals surface area contributed by atoms with Crippen LogP contribution in [0.2, 0.25) is 0 Å². The molecule has 0 saturated carbocycles. The zero-order valence-corrected chi connectivity index (χ0v) is 24.2. The molecule has 2 aromatic rings. The fraction of sp³-hybridized carbons (Fsp3) is 0.571. The van der Waals surface area contributed by atoms with Crippen LogP contribution in [0.1, 0.15) is 112 Å². The van der Waals surface area contributed by atoms with E-state index >= 15 is 0 Å². The topological polar surface area (TPSA) is 65.7 Å². The SMILES string of the molecule is CCCCCCCCOC(=O)c1ccccc1C(=O)OCCCCCCCC.[Zn].c1ccoc1. The number of carbonyl (C=O) groups excluding carboxylic acids is 2. The van der Waals surface area contributed by atoms with E-state index in [1.54, 1.807) is 36.8 Å². The summed E-state index contributed by atoms with van der Waals surface area (Å²) in [5, 5.41) is 0. The van der Waals surface area contributed by atoms with Gasteiger partial charge in [0, 0.05) is 19.5 Å². The van der Waals surface area contributed by atoms with Gasteiger partial charge in [-0.3, -0.25) is 0 Å². The monoisotopic (exact) mass is 522 g/mol. The van der Waals surface area contributed by atoms with Crippen molar-refractivity contribution in [3.8, 4) is 0 Å². The van der Waals surface area contributed by atoms with Crippen LogP contribution in [0.4, 0.5) is 0 Å². The molecule has 2 rings (SSSR count). The average Bonchev–Trinajstić information content (AvgIpc) is 3.43. The number of hydrogen-bond acceptors (Lipinski definition) is 5. The molecule has 0 N–H and O–H groups in total. The van der Waals surface area contributed by atoms with E-state index in [-0.39, 0.29) is 19.5 Å². The van der Waals surface area contributed by atoms with Crippen LogP contribution in [-0.4, -0.2) is 25.2 Å². The predicted molar refractivity (Wildman–Crippen MR) is 132 cm³/mol. The molecule has 0 atom stereocenters. The van der Waals surface area contributed by atoms with Gasteiger partial charge < -0.3 is 13.9 Å². The zero-order valence-electron chi connectivity index (χ0n) is 21.3. The Balaban J connectivity index is 0.00000160. The minimum atomic E-state index is -0.444. The molecule has 5 nitrogen and oxygen atoms in total. The van der Waals surface area contributed by atoms with Crippen molar-refractivity contribution < 1.29 is 43.0 Å². The molecule has 0 aliphatic carbocycles. The Labute approximate surface area is 218 Å². The minimum Gasteiger partial charge on any atom is -0.473 e. The first-order valence-corrected chi connectivity index (χ1v) is 12.6. The first-order valence-electron chi connectivity index (χ1n) is 12.6. The predicted octanol–water partition coefficient (Wildman–Crippen LogP) is 8.00. The molecule has 186 valence electrons. The average molecular weight is 524 g/mol. The van der Waals surface area contributed by atoms with Crippen molar-refractivity contribution in [2.75, 3.05) is 13.2 Å². The number of unbranched alkanes of at least 4 members (excludes halogenated alkanes) is 10. The summed E-state index contributed by atoms with van der Waals surface area (Å²) in [6, 6.07) is 10.4. The van der Waals surface area contributed by atoms with Crippen molar-refractivity contribution in [3.63, 3.8) is 0 Å². The molecule has 0 bridgehead atoms. The van der Waals surface area contributed by atoms with Crippen LogP contribution in [0.3, 0.4) is 0 Å². The molecule has 0 amide bonds. The quantitative estimate of drug-likeness (QED) is 0.127. The Morgan fingerprint density at radius 2 is 1.00 bits per heavy atom. The number of furan rings is 1. The second kappa shape index (κ2) is 22.8. The molecule has 1 aromatic heterocycles. The Hall–Kier alpha value is -1.94. The van der Waals surface area contributed by atoms with Gasteiger partial charge in [-0.1, -0.05) is 90.2 Å². The van der Waals surface area contributed by atoms with Crippen LogP contribution >= 0.6 is 0 Å². The van der Waals surface area contributed by atoms with E-state index in [0.717, 1.165) is 25.7 Å². The van der Waals surface area contributed by atoms with Gasteiger partial charge in [0.2, 0.25) is 0 Å². The van der Waals surface area contributed by atoms with Gasteiger partial charge in [0.15, 0.2) is 0 Å². The van der Waals surface area contributed by atoms with E-state index in [2.05, 4.69) is 18.3 Å². The molecule has 34 heavy (non-hydrogen) atoms. The van der Waals surface area contributed by atoms with E-state index in [0.29, 0.717) is 24.3 Å². The Morgan fingerprint density at radius 1 is 0.618 bits per heavy atom. The smallest absolute Gasteiger partial charge is 0.339 e. The first-order chi connectivity index (χ1) is 16.2. The molecule has 0 fully saturated rings. The number of hydrogen-bond donors (Lipinski definition) is 0. The molecule has 0 spiro atoms. The second-order valence-electron chi connectivity index (χ2n) is 8.15. The van der Waals surface area contributed by atoms with Gasteiger partial charge in [-0.25, -0.2) is 9.59 Å². The van der Waals surface area contributed by atoms with Crippen LogP contribution in [-0.2, 0) is 29.0 Å². The molecule has 0 aliphatic rings. The van der Waals surface area contributed by atoms with Gasteiger partial charge >= 0.3 is 11.9 Å². The van der Waals surface area contributed by atoms with Crippen molar-refractivity contribution >= 4 is 11.9 Å². The summed E-state index contributed by atoms with van der Waals surface area (Å²) in [7, 11) is 0. The molecule has 6 heteroatoms. The molecular weight excluding hydrogens is 482 g/mol. The fourth-order valence-corrected chi connectivity index (χ4v) is 3.32. The maximum Gasteiger partial charge on any atom is 0.339 e. The van der Waals surface area contributed by atoms with Gasteiger partial charge in [0.1, 0.15) is 0 Å². The molecule has 1 heterocycles. The van der Waals surface area contributed by atoms with Crippen LogP contribution in [0.25, 0.3) is 0 Å². The van der Waals surface area contributed by atoms with Crippen molar-refractivity contribution in [3.05, 3.63) is 60.1 Å². The van der Waals surface area contributed by atoms with E-state index in [4.69, 9.17) is 9.47 Å². The van der Waals surface area contributed by atoms with Gasteiger partial charge in [0.25, 0.3) is 0 Å². The second-order valence-corrected chi connectivity index (χ2v) is 8.15. The summed E-state index contributed by atoms with van der Waals surface area (Å²) in [6.45, 7) is 5.17. The van der Waals surface area contributed by atoms with Crippen molar-refractivity contribution in [1.29, 1.82) is 0 Å². The third-order valence-electron chi connectivity index (χ3n) is 5.25. The summed E-state index contributed by atoms with van der Waals surface area (Å²) in [6.07, 6.45) is 16.9. The molecule has 0 aliphatic heterocycles. The molecule has 0 unspecified atom stereocenters. The van der Waals surface area contributed by atoms with Crippen LogP contribution in [0, 0.1) is 0 Å². The van der Waals surface area contributed by atoms with Crippen molar-refractivity contribution in [2.45, 2.75) is 90.9 Å². The molecular formula is C28H42O5Zn. The number of rotatable bonds is 16. The molecule has 0 radical (unpaired) electrons. The first kappa shape index (κ1) is 32.1. The summed E-state index contributed by atoms with van der Waals surface area (Å²) >= 11 is 0. The van der Waals surface area contributed by atoms with E-state index in [1.165, 1.54) is 51.4 Å². The Kier molecular flexibility index (Phi) is 21.5. The van der Waals surface area contributed by atoms with Crippen molar-refractivity contribution in [2.24, 2.45) is 0 Å². The Bertz CT molecular complexity index is 664. The van der Waals surface area contributed by atoms with Crippen LogP contribution in [0.15, 0.2) is 53.3 Å². The normalized spacial score (nSPS) is 9.94. The Morgan fingerprint density at radius 3 is 1.35 bits per heavy atom. The van der Waals surface area contributed by atoms with Crippen molar-refractivity contribution in [1.82, 2.24) is 0 Å². The van der Waals surface area contributed by atoms with Gasteiger partial charge in [-0.05, 0) is 37.1 Å². The third-order valence-corrected chi connectivity index (χ3v) is 5.25. The van der Waals surface area contributed by atoms with Gasteiger partial charge in [-0.2, -0.15) is 0 Å². The largest absolute Gasteiger partial charge is 0.473 e. The third kappa shape index (κ3) is 15.8. The molecule has 0 saturated heterocycles. The van der Waals surface area contributed by atoms with E-state index in [1.807, 2.05) is 12.1 Å². The van der Waals surface area contributed by atoms with Crippen LogP contribution < -0.4 is 0 Å². The molecule has 1 aromatic carbocycles. The summed E-state index contributed by atoms with van der Waals surface area (Å²) in [4.78, 5) is 24.7. The number of benzene rings is 1. The van der Waals surface area contributed by atoms with Crippen LogP contribution in [0.5, 0.6) is 0 Å². The number of carbonyl (C=O) groups is 2. The summed E-state index contributed by atoms with van der Waals surface area (Å²) < 4.78 is 15.3. The minimum absolute atomic E-state index is 0. The summed E-state index contributed by atoms with van der Waals surface area (Å²) in [5.41, 5.74) is 0.586. The fourth-order valence-electron chi connectivity index (χ4n) is 3.32.